The van der Waals surface area contributed by atoms with Gasteiger partial charge in [0.2, 0.25) is 0 Å². The molecule has 7 heteroatoms. The Balaban J connectivity index is 1.48. The van der Waals surface area contributed by atoms with Crippen molar-refractivity contribution in [1.29, 1.82) is 0 Å². The summed E-state index contributed by atoms with van der Waals surface area (Å²) in [5.41, 5.74) is -1.04. The van der Waals surface area contributed by atoms with Crippen LogP contribution in [0.4, 0.5) is 0 Å². The minimum absolute atomic E-state index is 0.192. The quantitative estimate of drug-likeness (QED) is 0.680. The van der Waals surface area contributed by atoms with Crippen molar-refractivity contribution in [2.45, 2.75) is 24.3 Å². The van der Waals surface area contributed by atoms with Crippen LogP contribution >= 0.6 is 0 Å². The van der Waals surface area contributed by atoms with Gasteiger partial charge in [-0.25, -0.2) is 23.5 Å². The molecule has 0 amide bonds. The Bertz CT molecular complexity index is 1150. The lowest BCUT2D eigenvalue weighted by Crippen LogP contribution is -2.59. The smallest absolute Gasteiger partial charge is 0.352 e. The Hall–Kier alpha value is -2.38. The summed E-state index contributed by atoms with van der Waals surface area (Å²) in [5, 5.41) is 21.9. The molecule has 4 saturated carbocycles. The molecule has 7 aliphatic rings. The zero-order valence-electron chi connectivity index (χ0n) is 14.2. The van der Waals surface area contributed by atoms with Gasteiger partial charge in [-0.05, 0) is 35.8 Å². The van der Waals surface area contributed by atoms with Crippen LogP contribution in [0.2, 0.25) is 0 Å². The third-order valence-electron chi connectivity index (χ3n) is 8.98. The molecule has 5 aliphatic carbocycles. The topological polar surface area (TPSA) is 89.4 Å². The van der Waals surface area contributed by atoms with E-state index in [4.69, 9.17) is 0 Å². The molecule has 0 saturated heterocycles. The summed E-state index contributed by atoms with van der Waals surface area (Å²) in [6, 6.07) is 8.61. The number of nitrogens with zero attached hydrogens (tertiary/aromatic N) is 3. The van der Waals surface area contributed by atoms with Crippen molar-refractivity contribution in [2.75, 3.05) is 0 Å². The first-order valence-corrected chi connectivity index (χ1v) is 9.65. The van der Waals surface area contributed by atoms with E-state index >= 15 is 0 Å². The van der Waals surface area contributed by atoms with Crippen molar-refractivity contribution < 1.29 is 10.2 Å². The summed E-state index contributed by atoms with van der Waals surface area (Å²) in [5.74, 6) is 1.37. The van der Waals surface area contributed by atoms with E-state index in [0.717, 1.165) is 0 Å². The van der Waals surface area contributed by atoms with Gasteiger partial charge in [-0.3, -0.25) is 0 Å². The second-order valence-corrected chi connectivity index (χ2v) is 9.17. The summed E-state index contributed by atoms with van der Waals surface area (Å²) in [6.45, 7) is 0. The number of hydrogen-bond donors (Lipinski definition) is 2. The highest BCUT2D eigenvalue weighted by atomic mass is 16.3. The van der Waals surface area contributed by atoms with Crippen LogP contribution in [0.5, 0.6) is 0 Å². The summed E-state index contributed by atoms with van der Waals surface area (Å²) < 4.78 is 4.53. The van der Waals surface area contributed by atoms with Crippen LogP contribution < -0.4 is 11.4 Å². The molecule has 1 aromatic carbocycles. The molecule has 2 aliphatic heterocycles. The highest BCUT2D eigenvalue weighted by molar-refractivity contribution is 5.54. The average Bonchev–Trinajstić information content (AvgIpc) is 3.45. The Morgan fingerprint density at radius 1 is 0.778 bits per heavy atom. The van der Waals surface area contributed by atoms with Crippen LogP contribution in [-0.4, -0.2) is 36.4 Å². The first-order valence-electron chi connectivity index (χ1n) is 9.65. The van der Waals surface area contributed by atoms with E-state index in [0.29, 0.717) is 23.4 Å². The molecule has 4 fully saturated rings. The van der Waals surface area contributed by atoms with E-state index in [-0.39, 0.29) is 29.4 Å². The first kappa shape index (κ1) is 13.7. The van der Waals surface area contributed by atoms with Crippen LogP contribution in [-0.2, 0) is 0 Å². The maximum absolute atomic E-state index is 13.4. The Morgan fingerprint density at radius 3 is 1.81 bits per heavy atom. The number of aliphatic hydroxyl groups is 2. The number of hydrogen-bond acceptors (Lipinski definition) is 4. The van der Waals surface area contributed by atoms with Gasteiger partial charge in [0.15, 0.2) is 0 Å². The molecule has 9 rings (SSSR count). The molecular formula is C20H17N3O4. The highest BCUT2D eigenvalue weighted by Crippen LogP contribution is 3.04. The van der Waals surface area contributed by atoms with E-state index in [1.165, 1.54) is 4.57 Å². The standard InChI is InChI=1S/C20H17N3O4/c24-9-6-7-10(25)20-14-11-12-13(11)16(20)23-18(27)21(8-4-2-1-3-5-8)17(26)22(23)15(12)19(9,14)20/h1-7,9-16,24-25H/t9-,10+,11?,12+,13-,14?,15-,16-,19-,20+/m1/s1. The molecule has 3 heterocycles. The number of aliphatic hydroxyl groups excluding tert-OH is 2. The van der Waals surface area contributed by atoms with Gasteiger partial charge in [0.25, 0.3) is 0 Å². The van der Waals surface area contributed by atoms with Crippen LogP contribution in [0.25, 0.3) is 5.69 Å². The summed E-state index contributed by atoms with van der Waals surface area (Å²) in [4.78, 5) is 26.7. The summed E-state index contributed by atoms with van der Waals surface area (Å²) >= 11 is 0. The van der Waals surface area contributed by atoms with Crippen molar-refractivity contribution in [2.24, 2.45) is 34.5 Å². The number of benzene rings is 1. The molecule has 2 N–H and O–H groups in total. The van der Waals surface area contributed by atoms with Crippen molar-refractivity contribution in [3.05, 3.63) is 63.5 Å². The lowest BCUT2D eigenvalue weighted by molar-refractivity contribution is -0.0942. The predicted molar refractivity (Wildman–Crippen MR) is 92.3 cm³/mol. The van der Waals surface area contributed by atoms with Gasteiger partial charge in [0.1, 0.15) is 0 Å². The minimum Gasteiger partial charge on any atom is -0.388 e. The second kappa shape index (κ2) is 3.52. The molecule has 1 aromatic heterocycles. The number of rotatable bonds is 1. The fourth-order valence-corrected chi connectivity index (χ4v) is 8.69. The van der Waals surface area contributed by atoms with Gasteiger partial charge in [0, 0.05) is 10.8 Å². The fraction of sp³-hybridized carbons (Fsp3) is 0.500. The fourth-order valence-electron chi connectivity index (χ4n) is 8.69. The molecule has 2 spiro atoms. The number of aromatic nitrogens is 3. The van der Waals surface area contributed by atoms with Crippen molar-refractivity contribution >= 4 is 0 Å². The lowest BCUT2D eigenvalue weighted by atomic mass is 9.64. The lowest BCUT2D eigenvalue weighted by Gasteiger charge is -2.51. The van der Waals surface area contributed by atoms with Gasteiger partial charge >= 0.3 is 11.4 Å². The maximum Gasteiger partial charge on any atom is 0.352 e. The third kappa shape index (κ3) is 0.953. The summed E-state index contributed by atoms with van der Waals surface area (Å²) in [6.07, 6.45) is 2.07. The predicted octanol–water partition coefficient (Wildman–Crippen LogP) is -0.320. The van der Waals surface area contributed by atoms with E-state index in [1.54, 1.807) is 33.6 Å². The van der Waals surface area contributed by atoms with E-state index < -0.39 is 23.0 Å². The van der Waals surface area contributed by atoms with Crippen molar-refractivity contribution in [3.8, 4) is 5.69 Å². The largest absolute Gasteiger partial charge is 0.388 e. The second-order valence-electron chi connectivity index (χ2n) is 9.17. The molecule has 10 atom stereocenters. The van der Waals surface area contributed by atoms with Gasteiger partial charge in [-0.1, -0.05) is 30.4 Å². The molecule has 2 bridgehead atoms. The Morgan fingerprint density at radius 2 is 1.30 bits per heavy atom. The third-order valence-corrected chi connectivity index (χ3v) is 8.98. The van der Waals surface area contributed by atoms with Crippen molar-refractivity contribution in [1.82, 2.24) is 13.9 Å². The Labute approximate surface area is 152 Å². The highest BCUT2D eigenvalue weighted by Gasteiger charge is 3.06. The molecule has 136 valence electrons. The molecule has 0 radical (unpaired) electrons. The zero-order chi connectivity index (χ0) is 18.0. The van der Waals surface area contributed by atoms with Crippen LogP contribution in [0.15, 0.2) is 52.1 Å². The molecular weight excluding hydrogens is 346 g/mol. The van der Waals surface area contributed by atoms with Gasteiger partial charge < -0.3 is 10.2 Å². The van der Waals surface area contributed by atoms with Crippen LogP contribution in [0.3, 0.4) is 0 Å². The Kier molecular flexibility index (Phi) is 1.79. The van der Waals surface area contributed by atoms with Gasteiger partial charge in [0.05, 0.1) is 30.0 Å². The zero-order valence-corrected chi connectivity index (χ0v) is 14.2. The average molecular weight is 363 g/mol. The first-order chi connectivity index (χ1) is 13.1. The monoisotopic (exact) mass is 363 g/mol. The number of para-hydroxylation sites is 1. The van der Waals surface area contributed by atoms with Crippen molar-refractivity contribution in [3.63, 3.8) is 0 Å². The molecule has 27 heavy (non-hydrogen) atoms. The molecule has 7 nitrogen and oxygen atoms in total. The molecule has 2 unspecified atom stereocenters. The molecule has 2 aromatic rings. The van der Waals surface area contributed by atoms with Gasteiger partial charge in [-0.15, -0.1) is 0 Å². The van der Waals surface area contributed by atoms with E-state index in [1.807, 2.05) is 18.2 Å². The van der Waals surface area contributed by atoms with Crippen LogP contribution in [0, 0.1) is 34.5 Å². The van der Waals surface area contributed by atoms with E-state index in [2.05, 4.69) is 0 Å². The minimum atomic E-state index is -0.664. The van der Waals surface area contributed by atoms with E-state index in [9.17, 15) is 19.8 Å². The van der Waals surface area contributed by atoms with Gasteiger partial charge in [-0.2, -0.15) is 0 Å². The normalized spacial score (nSPS) is 53.3. The SMILES string of the molecule is O=c1n(-c2ccccc2)c(=O)n2n1[C@@H]1[C@H]3C4C5[C@]16[C@H](O)C=C[C@H](O)[C@@]56[C@H]2[C@H]43. The van der Waals surface area contributed by atoms with Crippen LogP contribution in [0.1, 0.15) is 12.1 Å². The summed E-state index contributed by atoms with van der Waals surface area (Å²) in [7, 11) is 0. The maximum atomic E-state index is 13.4.